The van der Waals surface area contributed by atoms with Gasteiger partial charge in [0, 0.05) is 13.0 Å². The van der Waals surface area contributed by atoms with Crippen LogP contribution in [0.5, 0.6) is 0 Å². The van der Waals surface area contributed by atoms with Gasteiger partial charge in [-0.1, -0.05) is 0 Å². The van der Waals surface area contributed by atoms with Gasteiger partial charge in [0.25, 0.3) is 6.47 Å². The lowest BCUT2D eigenvalue weighted by Crippen LogP contribution is -2.48. The highest BCUT2D eigenvalue weighted by atomic mass is 16.5. The van der Waals surface area contributed by atoms with Gasteiger partial charge in [-0.05, 0) is 13.5 Å². The second-order valence-electron chi connectivity index (χ2n) is 3.36. The third kappa shape index (κ3) is 6.64. The average molecular weight is 246 g/mol. The molecule has 0 aromatic carbocycles. The number of aliphatic hydroxyl groups is 1. The van der Waals surface area contributed by atoms with Crippen LogP contribution < -0.4 is 10.6 Å². The van der Waals surface area contributed by atoms with E-state index in [-0.39, 0.29) is 25.5 Å². The van der Waals surface area contributed by atoms with Crippen LogP contribution >= 0.6 is 0 Å². The zero-order chi connectivity index (χ0) is 13.1. The number of aliphatic hydroxyl groups excluding tert-OH is 1. The molecule has 98 valence electrons. The Kier molecular flexibility index (Phi) is 8.89. The standard InChI is InChI=1S/C10H18N2O5/c1-11-9(3-5-17-7-15)10(16)12-8(6-14)2-4-13/h6-9,11,13H,2-5H2,1H3,(H,12,16). The van der Waals surface area contributed by atoms with E-state index < -0.39 is 12.1 Å². The van der Waals surface area contributed by atoms with Gasteiger partial charge in [0.2, 0.25) is 5.91 Å². The van der Waals surface area contributed by atoms with Crippen molar-refractivity contribution in [3.05, 3.63) is 0 Å². The summed E-state index contributed by atoms with van der Waals surface area (Å²) in [5.74, 6) is -0.368. The molecule has 0 spiro atoms. The number of hydrogen-bond donors (Lipinski definition) is 3. The maximum atomic E-state index is 11.7. The van der Waals surface area contributed by atoms with Crippen LogP contribution in [0.3, 0.4) is 0 Å². The van der Waals surface area contributed by atoms with Crippen LogP contribution in [0.15, 0.2) is 0 Å². The van der Waals surface area contributed by atoms with Gasteiger partial charge in [-0.3, -0.25) is 9.59 Å². The van der Waals surface area contributed by atoms with E-state index in [1.54, 1.807) is 7.05 Å². The Morgan fingerprint density at radius 1 is 1.41 bits per heavy atom. The molecule has 0 heterocycles. The molecule has 0 radical (unpaired) electrons. The summed E-state index contributed by atoms with van der Waals surface area (Å²) in [7, 11) is 1.59. The Morgan fingerprint density at radius 3 is 2.59 bits per heavy atom. The predicted octanol–water partition coefficient (Wildman–Crippen LogP) is -1.80. The van der Waals surface area contributed by atoms with Crippen molar-refractivity contribution in [2.24, 2.45) is 0 Å². The van der Waals surface area contributed by atoms with Crippen molar-refractivity contribution in [1.82, 2.24) is 10.6 Å². The first-order chi connectivity index (χ1) is 8.19. The Labute approximate surface area is 99.5 Å². The quantitative estimate of drug-likeness (QED) is 0.310. The van der Waals surface area contributed by atoms with Crippen molar-refractivity contribution in [2.45, 2.75) is 24.9 Å². The number of carbonyl (C=O) groups is 3. The molecule has 3 N–H and O–H groups in total. The van der Waals surface area contributed by atoms with Crippen LogP contribution in [0.4, 0.5) is 0 Å². The van der Waals surface area contributed by atoms with Crippen LogP contribution in [0.1, 0.15) is 12.8 Å². The first kappa shape index (κ1) is 15.5. The van der Waals surface area contributed by atoms with Gasteiger partial charge in [0.1, 0.15) is 6.29 Å². The Morgan fingerprint density at radius 2 is 2.12 bits per heavy atom. The van der Waals surface area contributed by atoms with Crippen molar-refractivity contribution >= 4 is 18.7 Å². The molecule has 2 atom stereocenters. The fourth-order valence-corrected chi connectivity index (χ4v) is 1.24. The monoisotopic (exact) mass is 246 g/mol. The first-order valence-corrected chi connectivity index (χ1v) is 5.28. The number of rotatable bonds is 10. The molecule has 0 bridgehead atoms. The normalized spacial score (nSPS) is 13.5. The smallest absolute Gasteiger partial charge is 0.293 e. The summed E-state index contributed by atoms with van der Waals surface area (Å²) in [5.41, 5.74) is 0. The molecule has 0 aliphatic heterocycles. The number of amides is 1. The minimum atomic E-state index is -0.699. The SMILES string of the molecule is CNC(CCOC=O)C(=O)NC(C=O)CCO. The van der Waals surface area contributed by atoms with E-state index in [1.807, 2.05) is 0 Å². The van der Waals surface area contributed by atoms with Crippen molar-refractivity contribution in [3.63, 3.8) is 0 Å². The van der Waals surface area contributed by atoms with E-state index in [4.69, 9.17) is 5.11 Å². The summed E-state index contributed by atoms with van der Waals surface area (Å²) in [4.78, 5) is 32.2. The highest BCUT2D eigenvalue weighted by molar-refractivity contribution is 5.84. The number of likely N-dealkylation sites (N-methyl/N-ethyl adjacent to an activating group) is 1. The Hall–Kier alpha value is -1.47. The van der Waals surface area contributed by atoms with E-state index in [2.05, 4.69) is 15.4 Å². The van der Waals surface area contributed by atoms with Crippen molar-refractivity contribution < 1.29 is 24.2 Å². The van der Waals surface area contributed by atoms with E-state index >= 15 is 0 Å². The molecule has 2 unspecified atom stereocenters. The molecule has 7 heteroatoms. The highest BCUT2D eigenvalue weighted by Crippen LogP contribution is 1.95. The molecule has 0 saturated carbocycles. The maximum Gasteiger partial charge on any atom is 0.293 e. The van der Waals surface area contributed by atoms with Gasteiger partial charge in [-0.25, -0.2) is 0 Å². The Balaban J connectivity index is 4.13. The molecule has 0 aromatic heterocycles. The summed E-state index contributed by atoms with van der Waals surface area (Å²) in [6.07, 6.45) is 1.06. The van der Waals surface area contributed by atoms with E-state index in [1.165, 1.54) is 0 Å². The average Bonchev–Trinajstić information content (AvgIpc) is 2.34. The zero-order valence-electron chi connectivity index (χ0n) is 9.72. The van der Waals surface area contributed by atoms with Gasteiger partial charge < -0.3 is 25.3 Å². The molecule has 0 saturated heterocycles. The number of ether oxygens (including phenoxy) is 1. The minimum absolute atomic E-state index is 0.119. The summed E-state index contributed by atoms with van der Waals surface area (Å²) in [5, 5.41) is 13.9. The molecule has 0 fully saturated rings. The number of nitrogens with one attached hydrogen (secondary N) is 2. The van der Waals surface area contributed by atoms with Crippen LogP contribution in [0.2, 0.25) is 0 Å². The minimum Gasteiger partial charge on any atom is -0.468 e. The fraction of sp³-hybridized carbons (Fsp3) is 0.700. The Bertz CT molecular complexity index is 247. The lowest BCUT2D eigenvalue weighted by molar-refractivity contribution is -0.131. The summed E-state index contributed by atoms with van der Waals surface area (Å²) < 4.78 is 4.48. The zero-order valence-corrected chi connectivity index (χ0v) is 9.72. The summed E-state index contributed by atoms with van der Waals surface area (Å²) in [6, 6.07) is -1.24. The molecule has 0 aromatic rings. The van der Waals surface area contributed by atoms with Gasteiger partial charge in [-0.15, -0.1) is 0 Å². The predicted molar refractivity (Wildman–Crippen MR) is 59.2 cm³/mol. The number of hydrogen-bond acceptors (Lipinski definition) is 6. The molecule has 0 aliphatic carbocycles. The van der Waals surface area contributed by atoms with Crippen molar-refractivity contribution in [3.8, 4) is 0 Å². The van der Waals surface area contributed by atoms with Crippen LogP contribution in [0.25, 0.3) is 0 Å². The molecular formula is C10H18N2O5. The molecule has 1 amide bonds. The fourth-order valence-electron chi connectivity index (χ4n) is 1.24. The van der Waals surface area contributed by atoms with Gasteiger partial charge in [0.05, 0.1) is 18.7 Å². The number of aldehydes is 1. The molecule has 0 rings (SSSR count). The second kappa shape index (κ2) is 9.73. The van der Waals surface area contributed by atoms with Crippen LogP contribution in [0, 0.1) is 0 Å². The molecular weight excluding hydrogens is 228 g/mol. The third-order valence-electron chi connectivity index (χ3n) is 2.19. The maximum absolute atomic E-state index is 11.7. The summed E-state index contributed by atoms with van der Waals surface area (Å²) >= 11 is 0. The van der Waals surface area contributed by atoms with Crippen LogP contribution in [-0.4, -0.2) is 56.1 Å². The largest absolute Gasteiger partial charge is 0.468 e. The van der Waals surface area contributed by atoms with Crippen molar-refractivity contribution in [2.75, 3.05) is 20.3 Å². The molecule has 17 heavy (non-hydrogen) atoms. The number of carbonyl (C=O) groups excluding carboxylic acids is 3. The molecule has 7 nitrogen and oxygen atoms in total. The summed E-state index contributed by atoms with van der Waals surface area (Å²) in [6.45, 7) is 0.251. The third-order valence-corrected chi connectivity index (χ3v) is 2.19. The van der Waals surface area contributed by atoms with E-state index in [0.29, 0.717) is 19.2 Å². The lowest BCUT2D eigenvalue weighted by Gasteiger charge is -2.18. The second-order valence-corrected chi connectivity index (χ2v) is 3.36. The lowest BCUT2D eigenvalue weighted by atomic mass is 10.1. The van der Waals surface area contributed by atoms with Crippen LogP contribution in [-0.2, 0) is 19.1 Å². The van der Waals surface area contributed by atoms with Crippen molar-refractivity contribution in [1.29, 1.82) is 0 Å². The van der Waals surface area contributed by atoms with Gasteiger partial charge in [-0.2, -0.15) is 0 Å². The topological polar surface area (TPSA) is 105 Å². The molecule has 0 aliphatic rings. The van der Waals surface area contributed by atoms with Gasteiger partial charge >= 0.3 is 0 Å². The van der Waals surface area contributed by atoms with E-state index in [0.717, 1.165) is 0 Å². The first-order valence-electron chi connectivity index (χ1n) is 5.28. The highest BCUT2D eigenvalue weighted by Gasteiger charge is 2.19. The van der Waals surface area contributed by atoms with E-state index in [9.17, 15) is 14.4 Å². The van der Waals surface area contributed by atoms with Gasteiger partial charge in [0.15, 0.2) is 0 Å².